The summed E-state index contributed by atoms with van der Waals surface area (Å²) in [6.07, 6.45) is 1.76. The second-order valence-electron chi connectivity index (χ2n) is 5.78. The van der Waals surface area contributed by atoms with Gasteiger partial charge in [0.15, 0.2) is 5.76 Å². The van der Waals surface area contributed by atoms with Crippen LogP contribution in [0.15, 0.2) is 84.6 Å². The molecule has 0 fully saturated rings. The molecule has 0 aromatic heterocycles. The molecule has 0 N–H and O–H groups in total. The van der Waals surface area contributed by atoms with Crippen molar-refractivity contribution < 1.29 is 14.3 Å². The van der Waals surface area contributed by atoms with Crippen molar-refractivity contribution in [2.75, 3.05) is 0 Å². The molecule has 0 amide bonds. The van der Waals surface area contributed by atoms with Crippen LogP contribution in [-0.2, 0) is 6.61 Å². The number of Topliss-reactive ketones (excluding diaryl/α,β-unsaturated/α-hetero) is 1. The van der Waals surface area contributed by atoms with Gasteiger partial charge >= 0.3 is 0 Å². The van der Waals surface area contributed by atoms with E-state index in [-0.39, 0.29) is 5.78 Å². The Morgan fingerprint density at radius 2 is 1.60 bits per heavy atom. The minimum atomic E-state index is -0.103. The summed E-state index contributed by atoms with van der Waals surface area (Å²) < 4.78 is 11.5. The van der Waals surface area contributed by atoms with E-state index < -0.39 is 0 Å². The fourth-order valence-electron chi connectivity index (χ4n) is 2.70. The SMILES string of the molecule is O=C1/C(=C/c2ccccc2)Oc2cc(OCc3ccccc3)ccc21. The molecule has 25 heavy (non-hydrogen) atoms. The van der Waals surface area contributed by atoms with Crippen LogP contribution in [0.2, 0.25) is 0 Å². The largest absolute Gasteiger partial charge is 0.489 e. The van der Waals surface area contributed by atoms with Gasteiger partial charge in [0.1, 0.15) is 18.1 Å². The fourth-order valence-corrected chi connectivity index (χ4v) is 2.70. The van der Waals surface area contributed by atoms with Gasteiger partial charge in [-0.1, -0.05) is 60.7 Å². The first kappa shape index (κ1) is 15.2. The molecule has 3 aromatic rings. The van der Waals surface area contributed by atoms with Gasteiger partial charge in [0.2, 0.25) is 5.78 Å². The number of allylic oxidation sites excluding steroid dienone is 1. The van der Waals surface area contributed by atoms with Crippen molar-refractivity contribution in [3.63, 3.8) is 0 Å². The van der Waals surface area contributed by atoms with E-state index in [1.54, 1.807) is 24.3 Å². The monoisotopic (exact) mass is 328 g/mol. The standard InChI is InChI=1S/C22H16O3/c23-22-19-12-11-18(24-15-17-9-5-2-6-10-17)14-20(19)25-21(22)13-16-7-3-1-4-8-16/h1-14H,15H2/b21-13-. The summed E-state index contributed by atoms with van der Waals surface area (Å²) in [6.45, 7) is 0.473. The van der Waals surface area contributed by atoms with Gasteiger partial charge in [0.05, 0.1) is 5.56 Å². The number of hydrogen-bond donors (Lipinski definition) is 0. The van der Waals surface area contributed by atoms with Crippen LogP contribution in [0, 0.1) is 0 Å². The summed E-state index contributed by atoms with van der Waals surface area (Å²) in [5.74, 6) is 1.45. The van der Waals surface area contributed by atoms with Crippen LogP contribution in [0.4, 0.5) is 0 Å². The van der Waals surface area contributed by atoms with E-state index >= 15 is 0 Å². The number of ketones is 1. The molecular formula is C22H16O3. The molecule has 4 rings (SSSR count). The van der Waals surface area contributed by atoms with E-state index in [2.05, 4.69) is 0 Å². The van der Waals surface area contributed by atoms with Gasteiger partial charge in [-0.05, 0) is 29.3 Å². The van der Waals surface area contributed by atoms with E-state index in [1.807, 2.05) is 60.7 Å². The van der Waals surface area contributed by atoms with Crippen molar-refractivity contribution in [3.05, 3.63) is 101 Å². The van der Waals surface area contributed by atoms with Crippen molar-refractivity contribution >= 4 is 11.9 Å². The average Bonchev–Trinajstić information content (AvgIpc) is 2.97. The summed E-state index contributed by atoms with van der Waals surface area (Å²) in [5, 5.41) is 0. The van der Waals surface area contributed by atoms with E-state index in [4.69, 9.17) is 9.47 Å². The molecule has 0 unspecified atom stereocenters. The number of benzene rings is 3. The Balaban J connectivity index is 1.52. The first-order valence-corrected chi connectivity index (χ1v) is 8.10. The Bertz CT molecular complexity index is 928. The van der Waals surface area contributed by atoms with E-state index in [1.165, 1.54) is 0 Å². The zero-order chi connectivity index (χ0) is 17.1. The van der Waals surface area contributed by atoms with Gasteiger partial charge in [0.25, 0.3) is 0 Å². The van der Waals surface area contributed by atoms with Crippen molar-refractivity contribution in [2.24, 2.45) is 0 Å². The number of hydrogen-bond acceptors (Lipinski definition) is 3. The summed E-state index contributed by atoms with van der Waals surface area (Å²) in [6, 6.07) is 24.9. The lowest BCUT2D eigenvalue weighted by molar-refractivity contribution is 0.101. The summed E-state index contributed by atoms with van der Waals surface area (Å²) in [5.41, 5.74) is 2.58. The Morgan fingerprint density at radius 3 is 2.36 bits per heavy atom. The highest BCUT2D eigenvalue weighted by Gasteiger charge is 2.27. The van der Waals surface area contributed by atoms with Crippen molar-refractivity contribution in [3.8, 4) is 11.5 Å². The molecule has 0 saturated carbocycles. The first-order chi connectivity index (χ1) is 12.3. The molecular weight excluding hydrogens is 312 g/mol. The lowest BCUT2D eigenvalue weighted by Gasteiger charge is -2.07. The zero-order valence-corrected chi connectivity index (χ0v) is 13.5. The fraction of sp³-hybridized carbons (Fsp3) is 0.0455. The van der Waals surface area contributed by atoms with Crippen molar-refractivity contribution in [1.82, 2.24) is 0 Å². The van der Waals surface area contributed by atoms with Gasteiger partial charge in [0, 0.05) is 6.07 Å². The van der Waals surface area contributed by atoms with Crippen LogP contribution in [0.3, 0.4) is 0 Å². The molecule has 3 nitrogen and oxygen atoms in total. The summed E-state index contributed by atoms with van der Waals surface area (Å²) in [4.78, 5) is 12.5. The number of carbonyl (C=O) groups excluding carboxylic acids is 1. The van der Waals surface area contributed by atoms with Crippen molar-refractivity contribution in [2.45, 2.75) is 6.61 Å². The maximum atomic E-state index is 12.5. The molecule has 3 aromatic carbocycles. The molecule has 122 valence electrons. The zero-order valence-electron chi connectivity index (χ0n) is 13.5. The molecule has 0 radical (unpaired) electrons. The Kier molecular flexibility index (Phi) is 4.05. The minimum Gasteiger partial charge on any atom is -0.489 e. The molecule has 1 aliphatic heterocycles. The average molecular weight is 328 g/mol. The van der Waals surface area contributed by atoms with E-state index in [9.17, 15) is 4.79 Å². The number of ether oxygens (including phenoxy) is 2. The Morgan fingerprint density at radius 1 is 0.880 bits per heavy atom. The van der Waals surface area contributed by atoms with Gasteiger partial charge < -0.3 is 9.47 Å². The van der Waals surface area contributed by atoms with Crippen molar-refractivity contribution in [1.29, 1.82) is 0 Å². The van der Waals surface area contributed by atoms with Gasteiger partial charge in [-0.2, -0.15) is 0 Å². The van der Waals surface area contributed by atoms with Gasteiger partial charge in [-0.3, -0.25) is 4.79 Å². The molecule has 0 spiro atoms. The van der Waals surface area contributed by atoms with Crippen LogP contribution in [0.5, 0.6) is 11.5 Å². The highest BCUT2D eigenvalue weighted by Crippen LogP contribution is 2.35. The molecule has 1 aliphatic rings. The lowest BCUT2D eigenvalue weighted by Crippen LogP contribution is -1.97. The van der Waals surface area contributed by atoms with Gasteiger partial charge in [-0.15, -0.1) is 0 Å². The van der Waals surface area contributed by atoms with Crippen LogP contribution >= 0.6 is 0 Å². The minimum absolute atomic E-state index is 0.103. The normalized spacial score (nSPS) is 14.2. The third-order valence-corrected chi connectivity index (χ3v) is 3.99. The van der Waals surface area contributed by atoms with Crippen LogP contribution in [0.1, 0.15) is 21.5 Å². The van der Waals surface area contributed by atoms with Crippen LogP contribution in [-0.4, -0.2) is 5.78 Å². The second-order valence-corrected chi connectivity index (χ2v) is 5.78. The number of fused-ring (bicyclic) bond motifs is 1. The third kappa shape index (κ3) is 3.31. The van der Waals surface area contributed by atoms with Crippen LogP contribution in [0.25, 0.3) is 6.08 Å². The topological polar surface area (TPSA) is 35.5 Å². The molecule has 3 heteroatoms. The van der Waals surface area contributed by atoms with E-state index in [0.717, 1.165) is 11.1 Å². The number of carbonyl (C=O) groups is 1. The summed E-state index contributed by atoms with van der Waals surface area (Å²) in [7, 11) is 0. The smallest absolute Gasteiger partial charge is 0.231 e. The molecule has 0 aliphatic carbocycles. The third-order valence-electron chi connectivity index (χ3n) is 3.99. The Hall–Kier alpha value is -3.33. The number of rotatable bonds is 4. The molecule has 0 saturated heterocycles. The Labute approximate surface area is 146 Å². The first-order valence-electron chi connectivity index (χ1n) is 8.10. The quantitative estimate of drug-likeness (QED) is 0.640. The van der Waals surface area contributed by atoms with Crippen LogP contribution < -0.4 is 9.47 Å². The van der Waals surface area contributed by atoms with Gasteiger partial charge in [-0.25, -0.2) is 0 Å². The predicted molar refractivity (Wildman–Crippen MR) is 96.6 cm³/mol. The molecule has 0 bridgehead atoms. The maximum absolute atomic E-state index is 12.5. The highest BCUT2D eigenvalue weighted by molar-refractivity contribution is 6.14. The highest BCUT2D eigenvalue weighted by atomic mass is 16.5. The predicted octanol–water partition coefficient (Wildman–Crippen LogP) is 4.88. The summed E-state index contributed by atoms with van der Waals surface area (Å²) >= 11 is 0. The lowest BCUT2D eigenvalue weighted by atomic mass is 10.1. The molecule has 1 heterocycles. The van der Waals surface area contributed by atoms with E-state index in [0.29, 0.717) is 29.4 Å². The second kappa shape index (κ2) is 6.65. The molecule has 0 atom stereocenters. The maximum Gasteiger partial charge on any atom is 0.231 e.